The third kappa shape index (κ3) is 7.99. The first kappa shape index (κ1) is 36.3. The van der Waals surface area contributed by atoms with Gasteiger partial charge in [0, 0.05) is 86.4 Å². The number of aliphatic hydroxyl groups is 2. The fraction of sp³-hybridized carbons (Fsp3) is 0.600. The van der Waals surface area contributed by atoms with Gasteiger partial charge < -0.3 is 20.8 Å². The molecule has 0 saturated heterocycles. The van der Waals surface area contributed by atoms with Crippen molar-refractivity contribution in [3.8, 4) is 0 Å². The molecule has 4 N–H and O–H groups in total. The predicted octanol–water partition coefficient (Wildman–Crippen LogP) is 4.88. The number of nitrogens with one attached hydrogen (secondary N) is 2. The number of hydrogen-bond donors (Lipinski definition) is 4. The van der Waals surface area contributed by atoms with E-state index in [4.69, 9.17) is 0 Å². The second-order valence-corrected chi connectivity index (χ2v) is 17.2. The lowest BCUT2D eigenvalue weighted by Crippen LogP contribution is -2.44. The first-order valence-electron chi connectivity index (χ1n) is 14.8. The molecule has 0 radical (unpaired) electrons. The van der Waals surface area contributed by atoms with Crippen molar-refractivity contribution in [2.75, 3.05) is 35.4 Å². The molecule has 0 saturated carbocycles. The molecule has 15 heteroatoms. The Labute approximate surface area is 266 Å². The number of anilines is 2. The van der Waals surface area contributed by atoms with Crippen LogP contribution in [0.1, 0.15) is 76.0 Å². The van der Waals surface area contributed by atoms with Crippen LogP contribution in [0.15, 0.2) is 36.4 Å². The molecule has 2 aliphatic heterocycles. The normalized spacial score (nSPS) is 22.0. The van der Waals surface area contributed by atoms with Gasteiger partial charge in [-0.25, -0.2) is 8.42 Å². The molecule has 0 aromatic heterocycles. The molecule has 0 bridgehead atoms. The number of non-ortho nitro benzene ring substituents is 2. The van der Waals surface area contributed by atoms with Crippen molar-refractivity contribution in [3.63, 3.8) is 0 Å². The molecular formula is C30H44N4O9S2. The maximum absolute atomic E-state index is 12.5. The summed E-state index contributed by atoms with van der Waals surface area (Å²) in [7, 11) is -4.52. The van der Waals surface area contributed by atoms with E-state index in [2.05, 4.69) is 10.6 Å². The summed E-state index contributed by atoms with van der Waals surface area (Å²) in [5.74, 6) is 0.463. The van der Waals surface area contributed by atoms with Crippen LogP contribution in [-0.2, 0) is 20.6 Å². The van der Waals surface area contributed by atoms with Crippen LogP contribution in [0.3, 0.4) is 0 Å². The van der Waals surface area contributed by atoms with E-state index in [1.54, 1.807) is 19.1 Å². The van der Waals surface area contributed by atoms with Crippen LogP contribution in [0.2, 0.25) is 0 Å². The summed E-state index contributed by atoms with van der Waals surface area (Å²) in [5.41, 5.74) is 1.53. The summed E-state index contributed by atoms with van der Waals surface area (Å²) in [6.07, 6.45) is 0.861. The summed E-state index contributed by atoms with van der Waals surface area (Å²) in [5, 5.41) is 46.7. The lowest BCUT2D eigenvalue weighted by Gasteiger charge is -2.40. The number of hydrogen-bond acceptors (Lipinski definition) is 11. The van der Waals surface area contributed by atoms with Gasteiger partial charge in [0.2, 0.25) is 0 Å². The Morgan fingerprint density at radius 2 is 1.29 bits per heavy atom. The van der Waals surface area contributed by atoms with Gasteiger partial charge in [0.1, 0.15) is 0 Å². The van der Waals surface area contributed by atoms with Gasteiger partial charge in [0.15, 0.2) is 9.84 Å². The average Bonchev–Trinajstić information content (AvgIpc) is 3.02. The Kier molecular flexibility index (Phi) is 11.4. The number of rotatable bonds is 10. The van der Waals surface area contributed by atoms with E-state index in [1.807, 2.05) is 34.6 Å². The molecule has 4 rings (SSSR count). The molecule has 45 heavy (non-hydrogen) atoms. The predicted molar refractivity (Wildman–Crippen MR) is 176 cm³/mol. The second kappa shape index (κ2) is 14.1. The Morgan fingerprint density at radius 3 is 1.71 bits per heavy atom. The highest BCUT2D eigenvalue weighted by molar-refractivity contribution is 7.91. The molecule has 2 aromatic rings. The number of nitrogens with zero attached hydrogens (tertiary/aromatic N) is 2. The number of fused-ring (bicyclic) bond motifs is 2. The molecule has 250 valence electrons. The molecule has 2 aliphatic rings. The van der Waals surface area contributed by atoms with E-state index in [1.165, 1.54) is 24.3 Å². The summed E-state index contributed by atoms with van der Waals surface area (Å²) in [6, 6.07) is 8.60. The lowest BCUT2D eigenvalue weighted by molar-refractivity contribution is -0.385. The van der Waals surface area contributed by atoms with E-state index in [-0.39, 0.29) is 59.5 Å². The largest absolute Gasteiger partial charge is 0.396 e. The monoisotopic (exact) mass is 668 g/mol. The summed E-state index contributed by atoms with van der Waals surface area (Å²) in [6.45, 7) is 11.0. The molecule has 5 unspecified atom stereocenters. The minimum Gasteiger partial charge on any atom is -0.396 e. The van der Waals surface area contributed by atoms with Crippen LogP contribution in [-0.4, -0.2) is 69.5 Å². The fourth-order valence-corrected chi connectivity index (χ4v) is 8.30. The average molecular weight is 669 g/mol. The highest BCUT2D eigenvalue weighted by Gasteiger charge is 2.41. The van der Waals surface area contributed by atoms with Crippen molar-refractivity contribution in [3.05, 3.63) is 67.8 Å². The van der Waals surface area contributed by atoms with Gasteiger partial charge >= 0.3 is 0 Å². The maximum atomic E-state index is 12.5. The van der Waals surface area contributed by atoms with Crippen LogP contribution >= 0.6 is 0 Å². The van der Waals surface area contributed by atoms with E-state index < -0.39 is 41.1 Å². The maximum Gasteiger partial charge on any atom is 0.269 e. The first-order valence-corrected chi connectivity index (χ1v) is 17.9. The molecule has 5 atom stereocenters. The highest BCUT2D eigenvalue weighted by Crippen LogP contribution is 2.45. The number of benzene rings is 2. The number of sulfone groups is 1. The summed E-state index contributed by atoms with van der Waals surface area (Å²) < 4.78 is 37.4. The zero-order valence-electron chi connectivity index (χ0n) is 26.5. The molecule has 2 heterocycles. The highest BCUT2D eigenvalue weighted by atomic mass is 32.2. The topological polar surface area (TPSA) is 202 Å². The van der Waals surface area contributed by atoms with Crippen LogP contribution in [0.25, 0.3) is 0 Å². The Bertz CT molecular complexity index is 1550. The lowest BCUT2D eigenvalue weighted by atomic mass is 9.79. The zero-order chi connectivity index (χ0) is 33.9. The Hall–Kier alpha value is -3.14. The molecule has 0 amide bonds. The van der Waals surface area contributed by atoms with Crippen molar-refractivity contribution in [1.29, 1.82) is 0 Å². The SMILES string of the molecule is CCS(=O)(=O)C1CC(C(C)(C)CO)Nc2ccc([N+](=O)[O-])cc21.CCS(=O)C1CC(C(C)(C)CO)Nc2ccc([N+](=O)[O-])cc21. The van der Waals surface area contributed by atoms with Crippen LogP contribution < -0.4 is 10.6 Å². The van der Waals surface area contributed by atoms with Gasteiger partial charge in [-0.1, -0.05) is 41.5 Å². The standard InChI is InChI=1S/C15H22N2O5S.C15H22N2O4S/c1-4-23(21,22)13-8-14(15(2,3)9-18)16-12-6-5-10(17(19)20)7-11(12)13;1-4-22(21)13-8-14(15(2,3)9-18)16-12-6-5-10(17(19)20)7-11(12)13/h5-7,13-14,16,18H,4,8-9H2,1-3H3;5-7,13-14,16,18H,4,8-9H2,1-3H3. The third-order valence-corrected chi connectivity index (χ3v) is 12.7. The molecular weight excluding hydrogens is 624 g/mol. The molecule has 2 aromatic carbocycles. The van der Waals surface area contributed by atoms with Crippen LogP contribution in [0, 0.1) is 31.1 Å². The molecule has 13 nitrogen and oxygen atoms in total. The van der Waals surface area contributed by atoms with E-state index in [9.17, 15) is 43.1 Å². The van der Waals surface area contributed by atoms with Crippen molar-refractivity contribution in [2.45, 2.75) is 77.0 Å². The van der Waals surface area contributed by atoms with Crippen molar-refractivity contribution < 1.29 is 32.7 Å². The first-order chi connectivity index (χ1) is 20.9. The zero-order valence-corrected chi connectivity index (χ0v) is 28.1. The molecule has 0 spiro atoms. The minimum atomic E-state index is -3.42. The van der Waals surface area contributed by atoms with Crippen molar-refractivity contribution in [1.82, 2.24) is 0 Å². The van der Waals surface area contributed by atoms with Gasteiger partial charge in [0.05, 0.1) is 33.6 Å². The summed E-state index contributed by atoms with van der Waals surface area (Å²) >= 11 is 0. The Balaban J connectivity index is 0.000000246. The number of nitro groups is 2. The van der Waals surface area contributed by atoms with Gasteiger partial charge in [-0.15, -0.1) is 0 Å². The van der Waals surface area contributed by atoms with Crippen LogP contribution in [0.4, 0.5) is 22.7 Å². The quantitative estimate of drug-likeness (QED) is 0.198. The van der Waals surface area contributed by atoms with Crippen molar-refractivity contribution >= 4 is 43.4 Å². The van der Waals surface area contributed by atoms with Gasteiger partial charge in [0.25, 0.3) is 11.4 Å². The minimum absolute atomic E-state index is 0.0124. The Morgan fingerprint density at radius 1 is 0.844 bits per heavy atom. The van der Waals surface area contributed by atoms with E-state index in [0.29, 0.717) is 23.4 Å². The molecule has 0 aliphatic carbocycles. The smallest absolute Gasteiger partial charge is 0.269 e. The van der Waals surface area contributed by atoms with Crippen LogP contribution in [0.5, 0.6) is 0 Å². The fourth-order valence-electron chi connectivity index (χ4n) is 5.54. The van der Waals surface area contributed by atoms with E-state index >= 15 is 0 Å². The number of aliphatic hydroxyl groups excluding tert-OH is 2. The second-order valence-electron chi connectivity index (χ2n) is 12.8. The van der Waals surface area contributed by atoms with Gasteiger partial charge in [-0.3, -0.25) is 24.4 Å². The van der Waals surface area contributed by atoms with Gasteiger partial charge in [-0.2, -0.15) is 0 Å². The number of nitro benzene ring substituents is 2. The molecule has 0 fully saturated rings. The van der Waals surface area contributed by atoms with Crippen molar-refractivity contribution in [2.24, 2.45) is 10.8 Å². The summed E-state index contributed by atoms with van der Waals surface area (Å²) in [4.78, 5) is 21.0. The van der Waals surface area contributed by atoms with Gasteiger partial charge in [-0.05, 0) is 30.5 Å². The third-order valence-electron chi connectivity index (χ3n) is 8.88. The van der Waals surface area contributed by atoms with E-state index in [0.717, 1.165) is 11.3 Å².